The molecule has 0 spiro atoms. The van der Waals surface area contributed by atoms with E-state index < -0.39 is 0 Å². The number of rotatable bonds is 2. The minimum absolute atomic E-state index is 0.316. The van der Waals surface area contributed by atoms with Gasteiger partial charge in [-0.3, -0.25) is 0 Å². The van der Waals surface area contributed by atoms with E-state index >= 15 is 0 Å². The van der Waals surface area contributed by atoms with Crippen LogP contribution in [-0.2, 0) is 0 Å². The Morgan fingerprint density at radius 3 is 2.22 bits per heavy atom. The van der Waals surface area contributed by atoms with E-state index in [1.54, 1.807) is 12.2 Å². The van der Waals surface area contributed by atoms with Crippen LogP contribution in [0.25, 0.3) is 0 Å². The van der Waals surface area contributed by atoms with Gasteiger partial charge < -0.3 is 11.5 Å². The fourth-order valence-electron chi connectivity index (χ4n) is 0.296. The second-order valence-corrected chi connectivity index (χ2v) is 1.78. The van der Waals surface area contributed by atoms with Gasteiger partial charge in [-0.25, -0.2) is 0 Å². The predicted molar refractivity (Wildman–Crippen MR) is 40.4 cm³/mol. The molecule has 0 unspecified atom stereocenters. The molecule has 0 aliphatic carbocycles. The Labute approximate surface area is 55.5 Å². The summed E-state index contributed by atoms with van der Waals surface area (Å²) in [5.41, 5.74) is 11.4. The lowest BCUT2D eigenvalue weighted by Crippen LogP contribution is -2.06. The van der Waals surface area contributed by atoms with Crippen LogP contribution in [0.3, 0.4) is 0 Å². The molecule has 0 amide bonds. The maximum absolute atomic E-state index is 5.16. The van der Waals surface area contributed by atoms with Crippen molar-refractivity contribution >= 4 is 0 Å². The summed E-state index contributed by atoms with van der Waals surface area (Å²) in [6.07, 6.45) is 5.18. The predicted octanol–water partition coefficient (Wildman–Crippen LogP) is 0.878. The largest absolute Gasteiger partial charge is 0.386 e. The van der Waals surface area contributed by atoms with E-state index in [2.05, 4.69) is 6.58 Å². The molecule has 2 nitrogen and oxygen atoms in total. The van der Waals surface area contributed by atoms with Gasteiger partial charge in [-0.05, 0) is 13.0 Å². The second-order valence-electron chi connectivity index (χ2n) is 1.78. The molecule has 4 N–H and O–H groups in total. The smallest absolute Gasteiger partial charge is 0.0933 e. The summed E-state index contributed by atoms with van der Waals surface area (Å²) in [7, 11) is 0. The molecule has 0 aliphatic rings. The van der Waals surface area contributed by atoms with Crippen LogP contribution in [0.2, 0.25) is 0 Å². The van der Waals surface area contributed by atoms with Crippen molar-refractivity contribution in [3.05, 3.63) is 36.2 Å². The van der Waals surface area contributed by atoms with Crippen LogP contribution in [0.15, 0.2) is 36.2 Å². The first-order valence-electron chi connectivity index (χ1n) is 2.68. The average molecular weight is 124 g/mol. The molecule has 0 radical (unpaired) electrons. The zero-order chi connectivity index (χ0) is 7.28. The number of nitrogens with two attached hydrogens (primary N) is 2. The van der Waals surface area contributed by atoms with Crippen LogP contribution in [0.1, 0.15) is 6.92 Å². The van der Waals surface area contributed by atoms with E-state index in [4.69, 9.17) is 11.5 Å². The molecule has 2 heteroatoms. The van der Waals surface area contributed by atoms with E-state index in [1.165, 1.54) is 0 Å². The Kier molecular flexibility index (Phi) is 3.28. The van der Waals surface area contributed by atoms with Crippen LogP contribution >= 0.6 is 0 Å². The second kappa shape index (κ2) is 3.78. The highest BCUT2D eigenvalue weighted by Crippen LogP contribution is 1.91. The van der Waals surface area contributed by atoms with E-state index in [-0.39, 0.29) is 0 Å². The van der Waals surface area contributed by atoms with E-state index in [0.29, 0.717) is 5.82 Å². The van der Waals surface area contributed by atoms with Gasteiger partial charge in [0.15, 0.2) is 0 Å². The molecular weight excluding hydrogens is 112 g/mol. The average Bonchev–Trinajstić information content (AvgIpc) is 1.83. The minimum Gasteiger partial charge on any atom is -0.386 e. The normalized spacial score (nSPS) is 10.6. The zero-order valence-corrected chi connectivity index (χ0v) is 5.59. The third-order valence-corrected chi connectivity index (χ3v) is 0.861. The van der Waals surface area contributed by atoms with Crippen LogP contribution < -0.4 is 11.5 Å². The van der Waals surface area contributed by atoms with Gasteiger partial charge in [-0.1, -0.05) is 24.3 Å². The number of allylic oxidation sites excluding steroid dienone is 4. The van der Waals surface area contributed by atoms with Crippen LogP contribution in [0.4, 0.5) is 0 Å². The molecule has 9 heavy (non-hydrogen) atoms. The first-order chi connectivity index (χ1) is 4.16. The van der Waals surface area contributed by atoms with Gasteiger partial charge in [-0.15, -0.1) is 0 Å². The third-order valence-electron chi connectivity index (χ3n) is 0.861. The zero-order valence-electron chi connectivity index (χ0n) is 5.59. The Hall–Kier alpha value is -1.18. The topological polar surface area (TPSA) is 52.0 Å². The van der Waals surface area contributed by atoms with E-state index in [1.807, 2.05) is 13.0 Å². The molecule has 0 aromatic carbocycles. The summed E-state index contributed by atoms with van der Waals surface area (Å²) in [4.78, 5) is 0. The van der Waals surface area contributed by atoms with Gasteiger partial charge in [0.2, 0.25) is 0 Å². The molecule has 0 atom stereocenters. The summed E-state index contributed by atoms with van der Waals surface area (Å²) in [6, 6.07) is 0. The third kappa shape index (κ3) is 4.68. The molecule has 0 saturated heterocycles. The first kappa shape index (κ1) is 7.82. The molecule has 0 heterocycles. The van der Waals surface area contributed by atoms with Gasteiger partial charge >= 0.3 is 0 Å². The molecule has 0 fully saturated rings. The highest BCUT2D eigenvalue weighted by Gasteiger charge is 1.75. The molecule has 0 rings (SSSR count). The summed E-state index contributed by atoms with van der Waals surface area (Å²) < 4.78 is 0. The van der Waals surface area contributed by atoms with Gasteiger partial charge in [0.1, 0.15) is 0 Å². The molecule has 0 saturated carbocycles. The SMILES string of the molecule is C=C/C(C)=C\C=C(N)N. The summed E-state index contributed by atoms with van der Waals surface area (Å²) in [6.45, 7) is 5.48. The molecule has 50 valence electrons. The fourth-order valence-corrected chi connectivity index (χ4v) is 0.296. The first-order valence-corrected chi connectivity index (χ1v) is 2.68. The lowest BCUT2D eigenvalue weighted by Gasteiger charge is -1.86. The van der Waals surface area contributed by atoms with Gasteiger partial charge in [0.25, 0.3) is 0 Å². The van der Waals surface area contributed by atoms with Crippen molar-refractivity contribution < 1.29 is 0 Å². The Bertz CT molecular complexity index is 150. The number of hydrogen-bond donors (Lipinski definition) is 2. The van der Waals surface area contributed by atoms with Crippen LogP contribution in [0, 0.1) is 0 Å². The Balaban J connectivity index is 3.98. The van der Waals surface area contributed by atoms with Gasteiger partial charge in [-0.2, -0.15) is 0 Å². The summed E-state index contributed by atoms with van der Waals surface area (Å²) in [5.74, 6) is 0.316. The monoisotopic (exact) mass is 124 g/mol. The quantitative estimate of drug-likeness (QED) is 0.537. The highest BCUT2D eigenvalue weighted by molar-refractivity contribution is 5.20. The van der Waals surface area contributed by atoms with Gasteiger partial charge in [0.05, 0.1) is 5.82 Å². The van der Waals surface area contributed by atoms with Crippen molar-refractivity contribution in [3.63, 3.8) is 0 Å². The maximum atomic E-state index is 5.16. The molecule has 0 bridgehead atoms. The van der Waals surface area contributed by atoms with Crippen molar-refractivity contribution in [3.8, 4) is 0 Å². The van der Waals surface area contributed by atoms with Crippen molar-refractivity contribution in [2.75, 3.05) is 0 Å². The van der Waals surface area contributed by atoms with Crippen LogP contribution in [0.5, 0.6) is 0 Å². The molecular formula is C7H12N2. The van der Waals surface area contributed by atoms with Crippen molar-refractivity contribution in [2.24, 2.45) is 11.5 Å². The van der Waals surface area contributed by atoms with Crippen molar-refractivity contribution in [1.29, 1.82) is 0 Å². The van der Waals surface area contributed by atoms with E-state index in [9.17, 15) is 0 Å². The van der Waals surface area contributed by atoms with Crippen LogP contribution in [-0.4, -0.2) is 0 Å². The Morgan fingerprint density at radius 1 is 1.33 bits per heavy atom. The number of hydrogen-bond acceptors (Lipinski definition) is 2. The standard InChI is InChI=1S/C7H12N2/c1-3-6(2)4-5-7(8)9/h3-5H,1,8-9H2,2H3/b6-4-. The van der Waals surface area contributed by atoms with Crippen molar-refractivity contribution in [2.45, 2.75) is 6.92 Å². The van der Waals surface area contributed by atoms with Gasteiger partial charge in [0, 0.05) is 0 Å². The summed E-state index contributed by atoms with van der Waals surface area (Å²) >= 11 is 0. The molecule has 0 aromatic heterocycles. The van der Waals surface area contributed by atoms with Crippen molar-refractivity contribution in [1.82, 2.24) is 0 Å². The lowest BCUT2D eigenvalue weighted by molar-refractivity contribution is 1.25. The maximum Gasteiger partial charge on any atom is 0.0933 e. The highest BCUT2D eigenvalue weighted by atomic mass is 14.8. The molecule has 0 aliphatic heterocycles. The Morgan fingerprint density at radius 2 is 1.89 bits per heavy atom. The summed E-state index contributed by atoms with van der Waals surface area (Å²) in [5, 5.41) is 0. The lowest BCUT2D eigenvalue weighted by atomic mass is 10.3. The molecule has 0 aromatic rings. The van der Waals surface area contributed by atoms with E-state index in [0.717, 1.165) is 5.57 Å². The minimum atomic E-state index is 0.316. The fraction of sp³-hybridized carbons (Fsp3) is 0.143.